The van der Waals surface area contributed by atoms with Crippen LogP contribution in [0.3, 0.4) is 0 Å². The predicted molar refractivity (Wildman–Crippen MR) is 117 cm³/mol. The Hall–Kier alpha value is -2.96. The first kappa shape index (κ1) is 19.4. The number of carbonyl (C=O) groups excluding carboxylic acids is 2. The molecule has 5 nitrogen and oxygen atoms in total. The van der Waals surface area contributed by atoms with Crippen molar-refractivity contribution in [1.29, 1.82) is 0 Å². The Morgan fingerprint density at radius 1 is 1.00 bits per heavy atom. The summed E-state index contributed by atoms with van der Waals surface area (Å²) in [5.41, 5.74) is 1.15. The van der Waals surface area contributed by atoms with Gasteiger partial charge in [0.25, 0.3) is 11.1 Å². The maximum atomic E-state index is 13.0. The summed E-state index contributed by atoms with van der Waals surface area (Å²) in [6.45, 7) is 0. The van der Waals surface area contributed by atoms with Gasteiger partial charge in [0.1, 0.15) is 11.5 Å². The van der Waals surface area contributed by atoms with Crippen LogP contribution in [-0.2, 0) is 4.79 Å². The van der Waals surface area contributed by atoms with Gasteiger partial charge in [-0.15, -0.1) is 0 Å². The molecule has 146 valence electrons. The molecular formula is C22H16ClNO4S. The lowest BCUT2D eigenvalue weighted by Gasteiger charge is -2.13. The average Bonchev–Trinajstić information content (AvgIpc) is 3.00. The van der Waals surface area contributed by atoms with Crippen LogP contribution < -0.4 is 14.4 Å². The summed E-state index contributed by atoms with van der Waals surface area (Å²) < 4.78 is 10.8. The number of hydrogen-bond donors (Lipinski definition) is 0. The number of hydrogen-bond acceptors (Lipinski definition) is 5. The third kappa shape index (κ3) is 3.57. The first-order valence-corrected chi connectivity index (χ1v) is 9.89. The van der Waals surface area contributed by atoms with Gasteiger partial charge in [0.2, 0.25) is 0 Å². The van der Waals surface area contributed by atoms with Gasteiger partial charge in [0.05, 0.1) is 24.8 Å². The molecule has 0 atom stereocenters. The van der Waals surface area contributed by atoms with E-state index in [1.54, 1.807) is 44.6 Å². The second-order valence-electron chi connectivity index (χ2n) is 6.27. The number of anilines is 1. The molecule has 1 aliphatic heterocycles. The zero-order valence-corrected chi connectivity index (χ0v) is 17.2. The molecule has 4 rings (SSSR count). The monoisotopic (exact) mass is 425 g/mol. The number of fused-ring (bicyclic) bond motifs is 1. The van der Waals surface area contributed by atoms with Crippen LogP contribution >= 0.6 is 23.4 Å². The van der Waals surface area contributed by atoms with Gasteiger partial charge in [0, 0.05) is 10.6 Å². The van der Waals surface area contributed by atoms with Crippen molar-refractivity contribution in [3.8, 4) is 11.5 Å². The summed E-state index contributed by atoms with van der Waals surface area (Å²) in [7, 11) is 3.16. The summed E-state index contributed by atoms with van der Waals surface area (Å²) >= 11 is 6.90. The summed E-state index contributed by atoms with van der Waals surface area (Å²) in [4.78, 5) is 27.0. The molecule has 3 aromatic carbocycles. The van der Waals surface area contributed by atoms with Crippen molar-refractivity contribution in [1.82, 2.24) is 0 Å². The molecule has 0 unspecified atom stereocenters. The van der Waals surface area contributed by atoms with Gasteiger partial charge >= 0.3 is 0 Å². The van der Waals surface area contributed by atoms with Crippen molar-refractivity contribution in [2.24, 2.45) is 0 Å². The van der Waals surface area contributed by atoms with Gasteiger partial charge in [-0.25, -0.2) is 4.90 Å². The summed E-state index contributed by atoms with van der Waals surface area (Å²) in [5, 5.41) is 1.90. The molecule has 1 heterocycles. The summed E-state index contributed by atoms with van der Waals surface area (Å²) in [5.74, 6) is 0.886. The number of ether oxygens (including phenoxy) is 2. The van der Waals surface area contributed by atoms with E-state index in [0.717, 1.165) is 27.4 Å². The van der Waals surface area contributed by atoms with Crippen molar-refractivity contribution in [3.63, 3.8) is 0 Å². The van der Waals surface area contributed by atoms with Crippen LogP contribution in [0.15, 0.2) is 59.5 Å². The van der Waals surface area contributed by atoms with E-state index in [0.29, 0.717) is 32.7 Å². The zero-order chi connectivity index (χ0) is 20.5. The van der Waals surface area contributed by atoms with E-state index in [4.69, 9.17) is 21.1 Å². The number of imide groups is 1. The first-order chi connectivity index (χ1) is 14.0. The highest BCUT2D eigenvalue weighted by atomic mass is 35.5. The maximum absolute atomic E-state index is 13.0. The minimum Gasteiger partial charge on any atom is -0.497 e. The number of benzene rings is 3. The molecule has 1 fully saturated rings. The fraction of sp³-hybridized carbons (Fsp3) is 0.0909. The van der Waals surface area contributed by atoms with Crippen LogP contribution in [0.5, 0.6) is 11.5 Å². The van der Waals surface area contributed by atoms with Gasteiger partial charge in [-0.2, -0.15) is 0 Å². The number of rotatable bonds is 4. The molecule has 0 bridgehead atoms. The average molecular weight is 426 g/mol. The standard InChI is InChI=1S/C22H16ClNO4S/c1-27-16-8-6-13-7-9-19(28-2)18(17(13)11-16)12-20-21(25)24(22(26)29-20)15-5-3-4-14(23)10-15/h3-12H,1-2H3. The topological polar surface area (TPSA) is 55.8 Å². The fourth-order valence-electron chi connectivity index (χ4n) is 3.19. The lowest BCUT2D eigenvalue weighted by atomic mass is 10.0. The molecule has 0 radical (unpaired) electrons. The molecule has 1 saturated heterocycles. The molecule has 29 heavy (non-hydrogen) atoms. The van der Waals surface area contributed by atoms with Gasteiger partial charge in [-0.1, -0.05) is 29.8 Å². The van der Waals surface area contributed by atoms with Crippen LogP contribution in [0.4, 0.5) is 10.5 Å². The van der Waals surface area contributed by atoms with Gasteiger partial charge in [0.15, 0.2) is 0 Å². The van der Waals surface area contributed by atoms with Crippen molar-refractivity contribution >= 4 is 57.0 Å². The second-order valence-corrected chi connectivity index (χ2v) is 7.70. The van der Waals surface area contributed by atoms with E-state index in [-0.39, 0.29) is 5.24 Å². The Morgan fingerprint density at radius 2 is 1.79 bits per heavy atom. The largest absolute Gasteiger partial charge is 0.497 e. The van der Waals surface area contributed by atoms with Gasteiger partial charge < -0.3 is 9.47 Å². The van der Waals surface area contributed by atoms with E-state index in [9.17, 15) is 9.59 Å². The lowest BCUT2D eigenvalue weighted by molar-refractivity contribution is -0.113. The number of thioether (sulfide) groups is 1. The molecule has 0 aliphatic carbocycles. The highest BCUT2D eigenvalue weighted by molar-refractivity contribution is 8.19. The smallest absolute Gasteiger partial charge is 0.298 e. The summed E-state index contributed by atoms with van der Waals surface area (Å²) in [6, 6.07) is 16.1. The van der Waals surface area contributed by atoms with E-state index >= 15 is 0 Å². The van der Waals surface area contributed by atoms with Gasteiger partial charge in [-0.05, 0) is 65.0 Å². The highest BCUT2D eigenvalue weighted by Gasteiger charge is 2.36. The van der Waals surface area contributed by atoms with Crippen LogP contribution in [0.2, 0.25) is 5.02 Å². The third-order valence-electron chi connectivity index (χ3n) is 4.59. The second kappa shape index (κ2) is 7.81. The van der Waals surface area contributed by atoms with Crippen molar-refractivity contribution in [3.05, 3.63) is 70.1 Å². The number of carbonyl (C=O) groups is 2. The number of nitrogens with zero attached hydrogens (tertiary/aromatic N) is 1. The Labute approximate surface area is 176 Å². The molecule has 0 N–H and O–H groups in total. The normalized spacial score (nSPS) is 15.4. The SMILES string of the molecule is COc1ccc2ccc(OC)c(C=C3SC(=O)N(c4cccc(Cl)c4)C3=O)c2c1. The molecule has 3 aromatic rings. The maximum Gasteiger partial charge on any atom is 0.298 e. The molecule has 7 heteroatoms. The van der Waals surface area contributed by atoms with Crippen molar-refractivity contribution in [2.45, 2.75) is 0 Å². The molecule has 0 saturated carbocycles. The molecule has 0 spiro atoms. The Bertz CT molecular complexity index is 1170. The molecule has 1 aliphatic rings. The Morgan fingerprint density at radius 3 is 2.52 bits per heavy atom. The number of halogens is 1. The Balaban J connectivity index is 1.83. The third-order valence-corrected chi connectivity index (χ3v) is 5.69. The zero-order valence-electron chi connectivity index (χ0n) is 15.6. The quantitative estimate of drug-likeness (QED) is 0.498. The Kier molecular flexibility index (Phi) is 5.22. The number of amides is 2. The van der Waals surface area contributed by atoms with Crippen molar-refractivity contribution < 1.29 is 19.1 Å². The van der Waals surface area contributed by atoms with Crippen LogP contribution in [0, 0.1) is 0 Å². The van der Waals surface area contributed by atoms with Crippen molar-refractivity contribution in [2.75, 3.05) is 19.1 Å². The van der Waals surface area contributed by atoms with Crippen LogP contribution in [-0.4, -0.2) is 25.4 Å². The van der Waals surface area contributed by atoms with Crippen LogP contribution in [0.1, 0.15) is 5.56 Å². The first-order valence-electron chi connectivity index (χ1n) is 8.70. The molecular weight excluding hydrogens is 410 g/mol. The minimum atomic E-state index is -0.399. The van der Waals surface area contributed by atoms with E-state index < -0.39 is 5.91 Å². The minimum absolute atomic E-state index is 0.309. The van der Waals surface area contributed by atoms with E-state index in [1.807, 2.05) is 30.3 Å². The van der Waals surface area contributed by atoms with E-state index in [1.165, 1.54) is 0 Å². The predicted octanol–water partition coefficient (Wildman–Crippen LogP) is 5.75. The fourth-order valence-corrected chi connectivity index (χ4v) is 4.20. The number of methoxy groups -OCH3 is 2. The molecule has 0 aromatic heterocycles. The van der Waals surface area contributed by atoms with Crippen LogP contribution in [0.25, 0.3) is 16.8 Å². The lowest BCUT2D eigenvalue weighted by Crippen LogP contribution is -2.27. The molecule has 2 amide bonds. The van der Waals surface area contributed by atoms with E-state index in [2.05, 4.69) is 0 Å². The van der Waals surface area contributed by atoms with Gasteiger partial charge in [-0.3, -0.25) is 9.59 Å². The summed E-state index contributed by atoms with van der Waals surface area (Å²) in [6.07, 6.45) is 1.69. The highest BCUT2D eigenvalue weighted by Crippen LogP contribution is 2.39.